The predicted octanol–water partition coefficient (Wildman–Crippen LogP) is 2.56. The van der Waals surface area contributed by atoms with Crippen LogP contribution in [0.15, 0.2) is 41.1 Å². The van der Waals surface area contributed by atoms with Gasteiger partial charge in [-0.1, -0.05) is 18.2 Å². The lowest BCUT2D eigenvalue weighted by Gasteiger charge is -2.32. The minimum Gasteiger partial charge on any atom is -0.461 e. The Hall–Kier alpha value is -2.93. The van der Waals surface area contributed by atoms with Crippen molar-refractivity contribution in [2.24, 2.45) is 0 Å². The topological polar surface area (TPSA) is 65.7 Å². The quantitative estimate of drug-likeness (QED) is 0.694. The number of nitrogens with zero attached hydrogens (tertiary/aromatic N) is 5. The third-order valence-electron chi connectivity index (χ3n) is 5.32. The molecule has 2 aromatic heterocycles. The Kier molecular flexibility index (Phi) is 5.00. The molecule has 1 aromatic carbocycles. The first-order valence-electron chi connectivity index (χ1n) is 9.51. The van der Waals surface area contributed by atoms with E-state index in [1.54, 1.807) is 12.4 Å². The average molecular weight is 379 g/mol. The van der Waals surface area contributed by atoms with Gasteiger partial charge in [0.1, 0.15) is 22.9 Å². The van der Waals surface area contributed by atoms with E-state index in [-0.39, 0.29) is 5.91 Å². The summed E-state index contributed by atoms with van der Waals surface area (Å²) in [5.41, 5.74) is 2.40. The van der Waals surface area contributed by atoms with Crippen molar-refractivity contribution in [3.05, 3.63) is 53.7 Å². The minimum absolute atomic E-state index is 0.0548. The lowest BCUT2D eigenvalue weighted by molar-refractivity contribution is 0.0658. The molecule has 1 amide bonds. The van der Waals surface area contributed by atoms with Crippen LogP contribution in [-0.2, 0) is 6.54 Å². The molecule has 0 unspecified atom stereocenters. The zero-order valence-electron chi connectivity index (χ0n) is 16.6. The summed E-state index contributed by atoms with van der Waals surface area (Å²) in [7, 11) is 4.02. The number of rotatable bonds is 4. The number of benzene rings is 1. The van der Waals surface area contributed by atoms with Crippen LogP contribution >= 0.6 is 0 Å². The van der Waals surface area contributed by atoms with E-state index in [2.05, 4.69) is 28.0 Å². The molecule has 3 aromatic rings. The normalized spacial score (nSPS) is 15.2. The number of hydrogen-bond acceptors (Lipinski definition) is 6. The number of furan rings is 1. The number of piperazine rings is 1. The SMILES string of the molecule is Cc1oc2ccccc2c1CN(C)c1cncc(C(=O)N2CCN(C)CC2)n1. The van der Waals surface area contributed by atoms with Crippen LogP contribution < -0.4 is 4.90 Å². The second kappa shape index (κ2) is 7.59. The molecule has 0 aliphatic carbocycles. The van der Waals surface area contributed by atoms with Crippen molar-refractivity contribution in [1.82, 2.24) is 19.8 Å². The van der Waals surface area contributed by atoms with Gasteiger partial charge in [-0.15, -0.1) is 0 Å². The molecule has 0 saturated carbocycles. The largest absolute Gasteiger partial charge is 0.461 e. The first-order valence-corrected chi connectivity index (χ1v) is 9.51. The van der Waals surface area contributed by atoms with E-state index in [0.717, 1.165) is 48.5 Å². The highest BCUT2D eigenvalue weighted by atomic mass is 16.3. The minimum atomic E-state index is -0.0548. The molecule has 1 aliphatic heterocycles. The maximum Gasteiger partial charge on any atom is 0.274 e. The van der Waals surface area contributed by atoms with E-state index in [1.165, 1.54) is 0 Å². The lowest BCUT2D eigenvalue weighted by atomic mass is 10.1. The molecular weight excluding hydrogens is 354 g/mol. The molecule has 0 atom stereocenters. The molecule has 3 heterocycles. The van der Waals surface area contributed by atoms with Crippen molar-refractivity contribution in [2.45, 2.75) is 13.5 Å². The summed E-state index contributed by atoms with van der Waals surface area (Å²) in [6.07, 6.45) is 3.24. The van der Waals surface area contributed by atoms with Gasteiger partial charge in [0.15, 0.2) is 0 Å². The van der Waals surface area contributed by atoms with Crippen LogP contribution in [0.2, 0.25) is 0 Å². The number of hydrogen-bond donors (Lipinski definition) is 0. The van der Waals surface area contributed by atoms with Crippen LogP contribution in [0.4, 0.5) is 5.82 Å². The van der Waals surface area contributed by atoms with Crippen molar-refractivity contribution in [3.63, 3.8) is 0 Å². The molecule has 7 nitrogen and oxygen atoms in total. The van der Waals surface area contributed by atoms with Gasteiger partial charge in [-0.2, -0.15) is 0 Å². The van der Waals surface area contributed by atoms with Crippen LogP contribution in [-0.4, -0.2) is 65.9 Å². The van der Waals surface area contributed by atoms with Crippen LogP contribution in [0.25, 0.3) is 11.0 Å². The van der Waals surface area contributed by atoms with Gasteiger partial charge in [0.05, 0.1) is 12.4 Å². The van der Waals surface area contributed by atoms with E-state index in [9.17, 15) is 4.79 Å². The molecule has 0 radical (unpaired) electrons. The fraction of sp³-hybridized carbons (Fsp3) is 0.381. The summed E-state index contributed by atoms with van der Waals surface area (Å²) in [4.78, 5) is 27.7. The Labute approximate surface area is 164 Å². The predicted molar refractivity (Wildman–Crippen MR) is 108 cm³/mol. The first-order chi connectivity index (χ1) is 13.5. The maximum absolute atomic E-state index is 12.8. The summed E-state index contributed by atoms with van der Waals surface area (Å²) in [6, 6.07) is 8.02. The molecule has 146 valence electrons. The monoisotopic (exact) mass is 379 g/mol. The third kappa shape index (κ3) is 3.57. The summed E-state index contributed by atoms with van der Waals surface area (Å²) in [5.74, 6) is 1.51. The molecule has 28 heavy (non-hydrogen) atoms. The van der Waals surface area contributed by atoms with Crippen molar-refractivity contribution in [3.8, 4) is 0 Å². The number of anilines is 1. The van der Waals surface area contributed by atoms with Crippen LogP contribution in [0.3, 0.4) is 0 Å². The zero-order chi connectivity index (χ0) is 19.7. The van der Waals surface area contributed by atoms with Crippen molar-refractivity contribution >= 4 is 22.7 Å². The number of carbonyl (C=O) groups is 1. The number of carbonyl (C=O) groups excluding carboxylic acids is 1. The van der Waals surface area contributed by atoms with Gasteiger partial charge in [0.2, 0.25) is 0 Å². The van der Waals surface area contributed by atoms with Gasteiger partial charge in [-0.25, -0.2) is 4.98 Å². The highest BCUT2D eigenvalue weighted by Crippen LogP contribution is 2.27. The number of likely N-dealkylation sites (N-methyl/N-ethyl adjacent to an activating group) is 1. The molecule has 1 fully saturated rings. The zero-order valence-corrected chi connectivity index (χ0v) is 16.6. The number of amides is 1. The number of fused-ring (bicyclic) bond motifs is 1. The van der Waals surface area contributed by atoms with E-state index in [0.29, 0.717) is 18.1 Å². The number of para-hydroxylation sites is 1. The standard InChI is InChI=1S/C21H25N5O2/c1-15-17(16-6-4-5-7-19(16)28-15)14-25(3)20-13-22-12-18(23-20)21(27)26-10-8-24(2)9-11-26/h4-7,12-13H,8-11,14H2,1-3H3. The van der Waals surface area contributed by atoms with Gasteiger partial charge in [0, 0.05) is 50.7 Å². The molecule has 4 rings (SSSR count). The first kappa shape index (κ1) is 18.4. The average Bonchev–Trinajstić information content (AvgIpc) is 3.03. The fourth-order valence-corrected chi connectivity index (χ4v) is 3.55. The summed E-state index contributed by atoms with van der Waals surface area (Å²) < 4.78 is 5.86. The molecule has 0 N–H and O–H groups in total. The van der Waals surface area contributed by atoms with E-state index >= 15 is 0 Å². The van der Waals surface area contributed by atoms with Gasteiger partial charge in [-0.3, -0.25) is 9.78 Å². The number of aromatic nitrogens is 2. The smallest absolute Gasteiger partial charge is 0.274 e. The summed E-state index contributed by atoms with van der Waals surface area (Å²) in [5, 5.41) is 1.10. The van der Waals surface area contributed by atoms with Gasteiger partial charge in [0.25, 0.3) is 5.91 Å². The Morgan fingerprint density at radius 1 is 1.18 bits per heavy atom. The third-order valence-corrected chi connectivity index (χ3v) is 5.32. The van der Waals surface area contributed by atoms with Crippen molar-refractivity contribution < 1.29 is 9.21 Å². The molecule has 0 spiro atoms. The second-order valence-electron chi connectivity index (χ2n) is 7.35. The Balaban J connectivity index is 1.53. The van der Waals surface area contributed by atoms with Gasteiger partial charge < -0.3 is 19.1 Å². The maximum atomic E-state index is 12.8. The van der Waals surface area contributed by atoms with E-state index < -0.39 is 0 Å². The molecule has 0 bridgehead atoms. The van der Waals surface area contributed by atoms with Gasteiger partial charge in [-0.05, 0) is 20.0 Å². The molecule has 1 aliphatic rings. The Morgan fingerprint density at radius 3 is 2.71 bits per heavy atom. The molecule has 1 saturated heterocycles. The Morgan fingerprint density at radius 2 is 1.93 bits per heavy atom. The van der Waals surface area contributed by atoms with Crippen LogP contribution in [0, 0.1) is 6.92 Å². The van der Waals surface area contributed by atoms with Gasteiger partial charge >= 0.3 is 0 Å². The highest BCUT2D eigenvalue weighted by molar-refractivity contribution is 5.92. The summed E-state index contributed by atoms with van der Waals surface area (Å²) >= 11 is 0. The fourth-order valence-electron chi connectivity index (χ4n) is 3.55. The molecular formula is C21H25N5O2. The van der Waals surface area contributed by atoms with Crippen LogP contribution in [0.5, 0.6) is 0 Å². The van der Waals surface area contributed by atoms with E-state index in [4.69, 9.17) is 4.42 Å². The summed E-state index contributed by atoms with van der Waals surface area (Å²) in [6.45, 7) is 5.80. The van der Waals surface area contributed by atoms with Crippen molar-refractivity contribution in [2.75, 3.05) is 45.2 Å². The number of aryl methyl sites for hydroxylation is 1. The highest BCUT2D eigenvalue weighted by Gasteiger charge is 2.22. The van der Waals surface area contributed by atoms with E-state index in [1.807, 2.05) is 42.0 Å². The lowest BCUT2D eigenvalue weighted by Crippen LogP contribution is -2.47. The Bertz CT molecular complexity index is 991. The second-order valence-corrected chi connectivity index (χ2v) is 7.35. The van der Waals surface area contributed by atoms with Crippen molar-refractivity contribution in [1.29, 1.82) is 0 Å². The molecule has 7 heteroatoms. The van der Waals surface area contributed by atoms with Crippen LogP contribution in [0.1, 0.15) is 21.8 Å².